The lowest BCUT2D eigenvalue weighted by molar-refractivity contribution is 0.156. The molecule has 34 heavy (non-hydrogen) atoms. The molecule has 1 saturated carbocycles. The van der Waals surface area contributed by atoms with E-state index >= 15 is 0 Å². The second-order valence-corrected chi connectivity index (χ2v) is 11.3. The Bertz CT molecular complexity index is 1110. The van der Waals surface area contributed by atoms with Gasteiger partial charge in [0, 0.05) is 42.2 Å². The van der Waals surface area contributed by atoms with Gasteiger partial charge in [0.05, 0.1) is 5.02 Å². The Labute approximate surface area is 206 Å². The van der Waals surface area contributed by atoms with Crippen molar-refractivity contribution in [2.75, 3.05) is 31.5 Å². The number of hydrogen-bond acceptors (Lipinski definition) is 5. The van der Waals surface area contributed by atoms with E-state index in [0.717, 1.165) is 62.4 Å². The first kappa shape index (κ1) is 24.9. The molecule has 1 aliphatic carbocycles. The zero-order chi connectivity index (χ0) is 24.3. The number of amides is 2. The van der Waals surface area contributed by atoms with Crippen LogP contribution in [0, 0.1) is 13.8 Å². The summed E-state index contributed by atoms with van der Waals surface area (Å²) in [6.45, 7) is 6.60. The second kappa shape index (κ2) is 10.6. The van der Waals surface area contributed by atoms with Gasteiger partial charge in [-0.05, 0) is 76.9 Å². The van der Waals surface area contributed by atoms with E-state index in [2.05, 4.69) is 20.5 Å². The van der Waals surface area contributed by atoms with Gasteiger partial charge in [0.2, 0.25) is 10.0 Å². The molecule has 4 rings (SSSR count). The lowest BCUT2D eigenvalue weighted by Gasteiger charge is -2.38. The number of pyridine rings is 1. The third kappa shape index (κ3) is 6.07. The monoisotopic (exact) mass is 505 g/mol. The zero-order valence-corrected chi connectivity index (χ0v) is 21.2. The third-order valence-electron chi connectivity index (χ3n) is 6.27. The summed E-state index contributed by atoms with van der Waals surface area (Å²) in [6, 6.07) is 10.1. The summed E-state index contributed by atoms with van der Waals surface area (Å²) in [4.78, 5) is 19.0. The normalized spacial score (nSPS) is 17.6. The van der Waals surface area contributed by atoms with Crippen LogP contribution < -0.4 is 10.6 Å². The van der Waals surface area contributed by atoms with Gasteiger partial charge in [-0.3, -0.25) is 4.98 Å². The number of nitrogens with zero attached hydrogens (tertiary/aromatic N) is 3. The third-order valence-corrected chi connectivity index (χ3v) is 8.77. The number of nitrogens with one attached hydrogen (secondary N) is 2. The molecule has 8 nitrogen and oxygen atoms in total. The van der Waals surface area contributed by atoms with E-state index in [1.54, 1.807) is 28.6 Å². The largest absolute Gasteiger partial charge is 0.337 e. The SMILES string of the molecule is Cc1cc(NC(=O)NCCN2CCC(N(C3CC3)S(=O)(=O)c3ccccc3Cl)CC2)cc(C)n1. The van der Waals surface area contributed by atoms with E-state index in [-0.39, 0.29) is 28.0 Å². The quantitative estimate of drug-likeness (QED) is 0.569. The van der Waals surface area contributed by atoms with Gasteiger partial charge >= 0.3 is 6.03 Å². The lowest BCUT2D eigenvalue weighted by atomic mass is 10.0. The van der Waals surface area contributed by atoms with Gasteiger partial charge in [0.25, 0.3) is 0 Å². The van der Waals surface area contributed by atoms with E-state index in [0.29, 0.717) is 6.54 Å². The van der Waals surface area contributed by atoms with Crippen molar-refractivity contribution in [2.45, 2.75) is 56.5 Å². The number of aromatic nitrogens is 1. The molecule has 10 heteroatoms. The standard InChI is InChI=1S/C24H32ClN5O3S/c1-17-15-19(16-18(2)27-17)28-24(31)26-11-14-29-12-9-21(10-13-29)30(20-7-8-20)34(32,33)23-6-4-3-5-22(23)25/h3-6,15-16,20-21H,7-14H2,1-2H3,(H2,26,27,28,31). The number of urea groups is 1. The van der Waals surface area contributed by atoms with Crippen LogP contribution in [0.1, 0.15) is 37.1 Å². The molecule has 1 aliphatic heterocycles. The Balaban J connectivity index is 1.27. The number of benzene rings is 1. The average Bonchev–Trinajstić information content (AvgIpc) is 3.59. The number of carbonyl (C=O) groups is 1. The Kier molecular flexibility index (Phi) is 7.77. The summed E-state index contributed by atoms with van der Waals surface area (Å²) in [7, 11) is -3.64. The molecule has 1 aromatic heterocycles. The molecule has 0 spiro atoms. The van der Waals surface area contributed by atoms with Crippen LogP contribution in [-0.2, 0) is 10.0 Å². The maximum absolute atomic E-state index is 13.4. The number of halogens is 1. The number of hydrogen-bond donors (Lipinski definition) is 2. The van der Waals surface area contributed by atoms with E-state index < -0.39 is 10.0 Å². The molecular weight excluding hydrogens is 474 g/mol. The molecule has 2 heterocycles. The first-order chi connectivity index (χ1) is 16.2. The van der Waals surface area contributed by atoms with E-state index in [1.165, 1.54) is 0 Å². The molecule has 2 fully saturated rings. The number of likely N-dealkylation sites (tertiary alicyclic amines) is 1. The predicted octanol–water partition coefficient (Wildman–Crippen LogP) is 3.79. The van der Waals surface area contributed by atoms with Crippen molar-refractivity contribution in [1.29, 1.82) is 0 Å². The highest BCUT2D eigenvalue weighted by molar-refractivity contribution is 7.89. The zero-order valence-electron chi connectivity index (χ0n) is 19.6. The number of carbonyl (C=O) groups excluding carboxylic acids is 1. The second-order valence-electron chi connectivity index (χ2n) is 9.09. The molecule has 1 saturated heterocycles. The van der Waals surface area contributed by atoms with Crippen molar-refractivity contribution < 1.29 is 13.2 Å². The number of rotatable bonds is 8. The molecule has 2 amide bonds. The molecule has 0 atom stereocenters. The molecule has 0 unspecified atom stereocenters. The molecule has 0 radical (unpaired) electrons. The van der Waals surface area contributed by atoms with Crippen molar-refractivity contribution in [2.24, 2.45) is 0 Å². The van der Waals surface area contributed by atoms with Crippen molar-refractivity contribution >= 4 is 33.3 Å². The van der Waals surface area contributed by atoms with Crippen LogP contribution in [0.5, 0.6) is 0 Å². The van der Waals surface area contributed by atoms with Crippen LogP contribution >= 0.6 is 11.6 Å². The minimum absolute atomic E-state index is 0.0283. The van der Waals surface area contributed by atoms with Crippen molar-refractivity contribution in [3.8, 4) is 0 Å². The topological polar surface area (TPSA) is 94.6 Å². The Hall–Kier alpha value is -2.20. The Morgan fingerprint density at radius 3 is 2.32 bits per heavy atom. The summed E-state index contributed by atoms with van der Waals surface area (Å²) in [5, 5.41) is 6.02. The van der Waals surface area contributed by atoms with Gasteiger partial charge in [-0.1, -0.05) is 23.7 Å². The number of sulfonamides is 1. The molecule has 2 aromatic rings. The number of piperidine rings is 1. The Morgan fingerprint density at radius 1 is 1.09 bits per heavy atom. The van der Waals surface area contributed by atoms with E-state index in [9.17, 15) is 13.2 Å². The van der Waals surface area contributed by atoms with Crippen molar-refractivity contribution in [1.82, 2.24) is 19.5 Å². The van der Waals surface area contributed by atoms with Gasteiger partial charge in [-0.15, -0.1) is 0 Å². The molecule has 2 N–H and O–H groups in total. The van der Waals surface area contributed by atoms with Crippen LogP contribution in [0.4, 0.5) is 10.5 Å². The maximum Gasteiger partial charge on any atom is 0.319 e. The highest BCUT2D eigenvalue weighted by Gasteiger charge is 2.43. The van der Waals surface area contributed by atoms with Gasteiger partial charge in [-0.25, -0.2) is 13.2 Å². The number of aryl methyl sites for hydroxylation is 2. The van der Waals surface area contributed by atoms with Crippen LogP contribution in [0.3, 0.4) is 0 Å². The van der Waals surface area contributed by atoms with Crippen molar-refractivity contribution in [3.05, 3.63) is 52.8 Å². The van der Waals surface area contributed by atoms with Crippen molar-refractivity contribution in [3.63, 3.8) is 0 Å². The smallest absolute Gasteiger partial charge is 0.319 e. The fraction of sp³-hybridized carbons (Fsp3) is 0.500. The predicted molar refractivity (Wildman–Crippen MR) is 134 cm³/mol. The molecular formula is C24H32ClN5O3S. The first-order valence-corrected chi connectivity index (χ1v) is 13.6. The van der Waals surface area contributed by atoms with Gasteiger partial charge < -0.3 is 15.5 Å². The van der Waals surface area contributed by atoms with Gasteiger partial charge in [0.1, 0.15) is 4.90 Å². The first-order valence-electron chi connectivity index (χ1n) is 11.7. The van der Waals surface area contributed by atoms with Crippen LogP contribution in [0.15, 0.2) is 41.3 Å². The minimum atomic E-state index is -3.64. The Morgan fingerprint density at radius 2 is 1.71 bits per heavy atom. The minimum Gasteiger partial charge on any atom is -0.337 e. The van der Waals surface area contributed by atoms with Crippen LogP contribution in [0.2, 0.25) is 5.02 Å². The van der Waals surface area contributed by atoms with Crippen LogP contribution in [-0.4, -0.2) is 66.9 Å². The number of anilines is 1. The summed E-state index contributed by atoms with van der Waals surface area (Å²) in [5.74, 6) is 0. The van der Waals surface area contributed by atoms with E-state index in [1.807, 2.05) is 26.0 Å². The maximum atomic E-state index is 13.4. The average molecular weight is 506 g/mol. The molecule has 0 bridgehead atoms. The summed E-state index contributed by atoms with van der Waals surface area (Å²) >= 11 is 6.23. The van der Waals surface area contributed by atoms with Crippen LogP contribution in [0.25, 0.3) is 0 Å². The molecule has 1 aromatic carbocycles. The molecule has 2 aliphatic rings. The van der Waals surface area contributed by atoms with E-state index in [4.69, 9.17) is 11.6 Å². The summed E-state index contributed by atoms with van der Waals surface area (Å²) in [5.41, 5.74) is 2.44. The van der Waals surface area contributed by atoms with Gasteiger partial charge in [0.15, 0.2) is 0 Å². The highest BCUT2D eigenvalue weighted by atomic mass is 35.5. The summed E-state index contributed by atoms with van der Waals surface area (Å²) in [6.07, 6.45) is 3.34. The van der Waals surface area contributed by atoms with Gasteiger partial charge in [-0.2, -0.15) is 4.31 Å². The molecule has 184 valence electrons. The fourth-order valence-electron chi connectivity index (χ4n) is 4.59. The lowest BCUT2D eigenvalue weighted by Crippen LogP contribution is -2.49. The fourth-order valence-corrected chi connectivity index (χ4v) is 7.02. The summed E-state index contributed by atoms with van der Waals surface area (Å²) < 4.78 is 28.6. The highest BCUT2D eigenvalue weighted by Crippen LogP contribution is 2.38.